The predicted octanol–water partition coefficient (Wildman–Crippen LogP) is 4.74. The number of halogens is 8. The van der Waals surface area contributed by atoms with Gasteiger partial charge in [-0.05, 0) is 11.6 Å². The maximum Gasteiger partial charge on any atom is 0.402 e. The molecule has 0 aliphatic rings. The molecular weight excluding hydrogens is 347 g/mol. The molecule has 1 aromatic carbocycles. The van der Waals surface area contributed by atoms with E-state index in [2.05, 4.69) is 0 Å². The van der Waals surface area contributed by atoms with Crippen molar-refractivity contribution in [1.82, 2.24) is 0 Å². The molecule has 0 fully saturated rings. The Morgan fingerprint density at radius 3 is 1.86 bits per heavy atom. The molecule has 120 valence electrons. The van der Waals surface area contributed by atoms with E-state index in [1.807, 2.05) is 0 Å². The molecule has 2 nitrogen and oxygen atoms in total. The van der Waals surface area contributed by atoms with Crippen molar-refractivity contribution in [1.29, 1.82) is 0 Å². The van der Waals surface area contributed by atoms with Crippen LogP contribution in [0.15, 0.2) is 12.1 Å². The highest BCUT2D eigenvalue weighted by atomic mass is 35.5. The van der Waals surface area contributed by atoms with Crippen LogP contribution in [0.5, 0.6) is 5.75 Å². The number of hydrogen-bond acceptors (Lipinski definition) is 2. The van der Waals surface area contributed by atoms with Crippen molar-refractivity contribution in [3.63, 3.8) is 0 Å². The summed E-state index contributed by atoms with van der Waals surface area (Å²) in [6, 6.07) is -0.610. The van der Waals surface area contributed by atoms with Crippen LogP contribution in [-0.4, -0.2) is 19.5 Å². The lowest BCUT2D eigenvalue weighted by atomic mass is 9.92. The topological polar surface area (TPSA) is 35.2 Å². The van der Waals surface area contributed by atoms with Gasteiger partial charge in [0.15, 0.2) is 5.92 Å². The SMILES string of the molecule is COc1cc(Cl)c(C(N)C(C(F)(F)F)C(F)(F)F)cc1Cl. The van der Waals surface area contributed by atoms with Crippen LogP contribution in [0.4, 0.5) is 26.3 Å². The first-order valence-corrected chi connectivity index (χ1v) is 6.07. The van der Waals surface area contributed by atoms with Crippen LogP contribution >= 0.6 is 23.2 Å². The van der Waals surface area contributed by atoms with Gasteiger partial charge < -0.3 is 10.5 Å². The lowest BCUT2D eigenvalue weighted by Crippen LogP contribution is -2.44. The number of benzene rings is 1. The zero-order chi connectivity index (χ0) is 16.6. The highest BCUT2D eigenvalue weighted by Crippen LogP contribution is 2.47. The zero-order valence-corrected chi connectivity index (χ0v) is 11.8. The molecule has 0 bridgehead atoms. The maximum atomic E-state index is 12.6. The Morgan fingerprint density at radius 2 is 1.48 bits per heavy atom. The molecule has 1 unspecified atom stereocenters. The Bertz CT molecular complexity index is 503. The van der Waals surface area contributed by atoms with Gasteiger partial charge in [-0.15, -0.1) is 0 Å². The van der Waals surface area contributed by atoms with E-state index < -0.39 is 34.9 Å². The van der Waals surface area contributed by atoms with E-state index in [-0.39, 0.29) is 10.8 Å². The monoisotopic (exact) mass is 355 g/mol. The van der Waals surface area contributed by atoms with E-state index in [0.29, 0.717) is 0 Å². The van der Waals surface area contributed by atoms with Gasteiger partial charge in [-0.25, -0.2) is 0 Å². The summed E-state index contributed by atoms with van der Waals surface area (Å²) >= 11 is 11.3. The molecule has 0 heterocycles. The molecule has 0 radical (unpaired) electrons. The standard InChI is InChI=1S/C11H9Cl2F6NO/c1-21-7-3-5(12)4(2-6(7)13)8(20)9(10(14,15)16)11(17,18)19/h2-3,8-9H,20H2,1H3. The van der Waals surface area contributed by atoms with E-state index in [4.69, 9.17) is 33.7 Å². The first-order chi connectivity index (χ1) is 9.39. The van der Waals surface area contributed by atoms with Gasteiger partial charge in [0.1, 0.15) is 5.75 Å². The molecule has 1 atom stereocenters. The zero-order valence-electron chi connectivity index (χ0n) is 10.3. The Kier molecular flexibility index (Phi) is 5.28. The largest absolute Gasteiger partial charge is 0.495 e. The first-order valence-electron chi connectivity index (χ1n) is 5.31. The van der Waals surface area contributed by atoms with Gasteiger partial charge in [0.05, 0.1) is 18.2 Å². The van der Waals surface area contributed by atoms with E-state index in [1.165, 1.54) is 7.11 Å². The number of methoxy groups -OCH3 is 1. The molecule has 0 aliphatic heterocycles. The van der Waals surface area contributed by atoms with Crippen molar-refractivity contribution < 1.29 is 31.1 Å². The Labute approximate surface area is 125 Å². The van der Waals surface area contributed by atoms with Crippen LogP contribution in [0.25, 0.3) is 0 Å². The van der Waals surface area contributed by atoms with Crippen molar-refractivity contribution in [2.45, 2.75) is 18.4 Å². The highest BCUT2D eigenvalue weighted by molar-refractivity contribution is 6.34. The molecule has 0 saturated heterocycles. The lowest BCUT2D eigenvalue weighted by molar-refractivity contribution is -0.290. The highest BCUT2D eigenvalue weighted by Gasteiger charge is 2.60. The van der Waals surface area contributed by atoms with E-state index in [1.54, 1.807) is 0 Å². The van der Waals surface area contributed by atoms with Crippen LogP contribution in [0, 0.1) is 5.92 Å². The van der Waals surface area contributed by atoms with Gasteiger partial charge in [0.25, 0.3) is 0 Å². The second-order valence-electron chi connectivity index (χ2n) is 4.09. The Hall–Kier alpha value is -0.860. The smallest absolute Gasteiger partial charge is 0.402 e. The van der Waals surface area contributed by atoms with Gasteiger partial charge in [-0.2, -0.15) is 26.3 Å². The lowest BCUT2D eigenvalue weighted by Gasteiger charge is -2.29. The normalized spacial score (nSPS) is 14.4. The van der Waals surface area contributed by atoms with E-state index in [0.717, 1.165) is 12.1 Å². The van der Waals surface area contributed by atoms with Gasteiger partial charge in [-0.1, -0.05) is 23.2 Å². The van der Waals surface area contributed by atoms with Crippen LogP contribution in [0.3, 0.4) is 0 Å². The maximum absolute atomic E-state index is 12.6. The third-order valence-corrected chi connectivity index (χ3v) is 3.32. The summed E-state index contributed by atoms with van der Waals surface area (Å²) in [5.41, 5.74) is 4.58. The number of ether oxygens (including phenoxy) is 1. The molecule has 2 N–H and O–H groups in total. The minimum absolute atomic E-state index is 0.00758. The first kappa shape index (κ1) is 18.2. The second-order valence-corrected chi connectivity index (χ2v) is 4.91. The minimum atomic E-state index is -5.58. The van der Waals surface area contributed by atoms with Gasteiger partial charge >= 0.3 is 12.4 Å². The van der Waals surface area contributed by atoms with Crippen LogP contribution < -0.4 is 10.5 Å². The van der Waals surface area contributed by atoms with Crippen molar-refractivity contribution in [2.75, 3.05) is 7.11 Å². The number of nitrogens with two attached hydrogens (primary N) is 1. The van der Waals surface area contributed by atoms with Crippen molar-refractivity contribution >= 4 is 23.2 Å². The number of alkyl halides is 6. The number of rotatable bonds is 3. The van der Waals surface area contributed by atoms with Crippen molar-refractivity contribution in [2.24, 2.45) is 11.7 Å². The molecule has 0 aliphatic carbocycles. The summed E-state index contributed by atoms with van der Waals surface area (Å²) in [6.45, 7) is 0. The Balaban J connectivity index is 3.34. The van der Waals surface area contributed by atoms with Crippen molar-refractivity contribution in [3.8, 4) is 5.75 Å². The van der Waals surface area contributed by atoms with Crippen LogP contribution in [0.2, 0.25) is 10.0 Å². The minimum Gasteiger partial charge on any atom is -0.495 e. The Morgan fingerprint density at radius 1 is 1.00 bits per heavy atom. The van der Waals surface area contributed by atoms with Gasteiger partial charge in [0, 0.05) is 11.1 Å². The van der Waals surface area contributed by atoms with E-state index >= 15 is 0 Å². The fourth-order valence-electron chi connectivity index (χ4n) is 1.73. The van der Waals surface area contributed by atoms with Gasteiger partial charge in [0.2, 0.25) is 0 Å². The molecule has 0 saturated carbocycles. The molecule has 1 aromatic rings. The van der Waals surface area contributed by atoms with Crippen molar-refractivity contribution in [3.05, 3.63) is 27.7 Å². The summed E-state index contributed by atoms with van der Waals surface area (Å²) in [5, 5.41) is -0.599. The summed E-state index contributed by atoms with van der Waals surface area (Å²) in [7, 11) is 1.21. The number of hydrogen-bond donors (Lipinski definition) is 1. The third kappa shape index (κ3) is 4.08. The van der Waals surface area contributed by atoms with Gasteiger partial charge in [-0.3, -0.25) is 0 Å². The molecule has 21 heavy (non-hydrogen) atoms. The van der Waals surface area contributed by atoms with Crippen LogP contribution in [0.1, 0.15) is 11.6 Å². The predicted molar refractivity (Wildman–Crippen MR) is 65.5 cm³/mol. The summed E-state index contributed by atoms with van der Waals surface area (Å²) in [4.78, 5) is 0. The average molecular weight is 356 g/mol. The summed E-state index contributed by atoms with van der Waals surface area (Å²) in [6.07, 6.45) is -11.2. The summed E-state index contributed by atoms with van der Waals surface area (Å²) < 4.78 is 80.5. The molecule has 0 aromatic heterocycles. The third-order valence-electron chi connectivity index (χ3n) is 2.69. The summed E-state index contributed by atoms with van der Waals surface area (Å²) in [5.74, 6) is -3.75. The van der Waals surface area contributed by atoms with E-state index in [9.17, 15) is 26.3 Å². The molecule has 0 amide bonds. The molecule has 0 spiro atoms. The molecule has 10 heteroatoms. The fraction of sp³-hybridized carbons (Fsp3) is 0.455. The average Bonchev–Trinajstić information content (AvgIpc) is 2.27. The fourth-order valence-corrected chi connectivity index (χ4v) is 2.26. The molecular formula is C11H9Cl2F6NO. The van der Waals surface area contributed by atoms with Crippen LogP contribution in [-0.2, 0) is 0 Å². The second kappa shape index (κ2) is 6.10. The quantitative estimate of drug-likeness (QED) is 0.794. The molecule has 1 rings (SSSR count).